The van der Waals surface area contributed by atoms with Gasteiger partial charge in [0.1, 0.15) is 0 Å². The second-order valence-corrected chi connectivity index (χ2v) is 7.07. The van der Waals surface area contributed by atoms with E-state index >= 15 is 0 Å². The van der Waals surface area contributed by atoms with Crippen LogP contribution in [0.2, 0.25) is 0 Å². The highest BCUT2D eigenvalue weighted by molar-refractivity contribution is 7.10. The van der Waals surface area contributed by atoms with E-state index in [0.717, 1.165) is 19.0 Å². The van der Waals surface area contributed by atoms with Crippen LogP contribution in [0.25, 0.3) is 0 Å². The maximum absolute atomic E-state index is 5.21. The summed E-state index contributed by atoms with van der Waals surface area (Å²) in [7, 11) is 3.72. The molecule has 5 nitrogen and oxygen atoms in total. The third-order valence-electron chi connectivity index (χ3n) is 4.51. The van der Waals surface area contributed by atoms with Crippen molar-refractivity contribution in [1.29, 1.82) is 0 Å². The molecule has 0 aliphatic carbocycles. The fraction of sp³-hybridized carbons (Fsp3) is 0.529. The molecule has 23 heavy (non-hydrogen) atoms. The van der Waals surface area contributed by atoms with Crippen molar-refractivity contribution < 1.29 is 4.74 Å². The standard InChI is InChI=1S/C17H24N4OS/c1-13-7-10-23-15(13)12-21-9-4-5-14(11-21)20(2)17-18-8-6-16(19-17)22-3/h6-8,10,14H,4-5,9,11-12H2,1-3H3. The average molecular weight is 332 g/mol. The minimum atomic E-state index is 0.441. The Kier molecular flexibility index (Phi) is 5.13. The van der Waals surface area contributed by atoms with Crippen molar-refractivity contribution in [1.82, 2.24) is 14.9 Å². The Bertz CT molecular complexity index is 645. The number of hydrogen-bond acceptors (Lipinski definition) is 6. The molecular weight excluding hydrogens is 308 g/mol. The van der Waals surface area contributed by atoms with E-state index in [4.69, 9.17) is 4.74 Å². The molecule has 124 valence electrons. The van der Waals surface area contributed by atoms with Gasteiger partial charge in [-0.1, -0.05) is 0 Å². The zero-order chi connectivity index (χ0) is 16.2. The summed E-state index contributed by atoms with van der Waals surface area (Å²) in [6, 6.07) is 4.43. The van der Waals surface area contributed by atoms with Gasteiger partial charge in [0.25, 0.3) is 0 Å². The van der Waals surface area contributed by atoms with E-state index in [9.17, 15) is 0 Å². The Hall–Kier alpha value is -1.66. The van der Waals surface area contributed by atoms with Gasteiger partial charge in [-0.05, 0) is 43.3 Å². The third-order valence-corrected chi connectivity index (χ3v) is 5.51. The summed E-state index contributed by atoms with van der Waals surface area (Å²) in [5, 5.41) is 2.18. The quantitative estimate of drug-likeness (QED) is 0.842. The summed E-state index contributed by atoms with van der Waals surface area (Å²) in [5.74, 6) is 1.35. The highest BCUT2D eigenvalue weighted by atomic mass is 32.1. The second kappa shape index (κ2) is 7.27. The van der Waals surface area contributed by atoms with Crippen LogP contribution in [-0.2, 0) is 6.54 Å². The van der Waals surface area contributed by atoms with Gasteiger partial charge in [0.2, 0.25) is 11.8 Å². The summed E-state index contributed by atoms with van der Waals surface area (Å²) < 4.78 is 5.21. The number of likely N-dealkylation sites (N-methyl/N-ethyl adjacent to an activating group) is 1. The van der Waals surface area contributed by atoms with Crippen LogP contribution in [0, 0.1) is 6.92 Å². The fourth-order valence-corrected chi connectivity index (χ4v) is 3.99. The van der Waals surface area contributed by atoms with Gasteiger partial charge in [0.05, 0.1) is 7.11 Å². The van der Waals surface area contributed by atoms with E-state index < -0.39 is 0 Å². The number of thiophene rings is 1. The van der Waals surface area contributed by atoms with E-state index in [1.54, 1.807) is 19.4 Å². The number of hydrogen-bond donors (Lipinski definition) is 0. The smallest absolute Gasteiger partial charge is 0.228 e. The van der Waals surface area contributed by atoms with Gasteiger partial charge in [-0.3, -0.25) is 4.90 Å². The predicted molar refractivity (Wildman–Crippen MR) is 94.3 cm³/mol. The number of piperidine rings is 1. The molecule has 0 bridgehead atoms. The third kappa shape index (κ3) is 3.82. The zero-order valence-corrected chi connectivity index (χ0v) is 14.8. The van der Waals surface area contributed by atoms with Crippen LogP contribution >= 0.6 is 11.3 Å². The molecule has 1 aliphatic heterocycles. The summed E-state index contributed by atoms with van der Waals surface area (Å²) in [6.07, 6.45) is 4.15. The number of methoxy groups -OCH3 is 1. The number of rotatable bonds is 5. The molecule has 0 aromatic carbocycles. The van der Waals surface area contributed by atoms with Crippen molar-refractivity contribution >= 4 is 17.3 Å². The van der Waals surface area contributed by atoms with Gasteiger partial charge >= 0.3 is 0 Å². The minimum Gasteiger partial charge on any atom is -0.481 e. The second-order valence-electron chi connectivity index (χ2n) is 6.07. The molecular formula is C17H24N4OS. The van der Waals surface area contributed by atoms with Crippen molar-refractivity contribution in [2.75, 3.05) is 32.1 Å². The Labute approximate surface area is 141 Å². The van der Waals surface area contributed by atoms with E-state index in [1.807, 2.05) is 11.3 Å². The summed E-state index contributed by atoms with van der Waals surface area (Å²) in [5.41, 5.74) is 1.40. The topological polar surface area (TPSA) is 41.5 Å². The van der Waals surface area contributed by atoms with Crippen LogP contribution in [0.15, 0.2) is 23.7 Å². The van der Waals surface area contributed by atoms with Crippen molar-refractivity contribution in [3.05, 3.63) is 34.2 Å². The SMILES string of the molecule is COc1ccnc(N(C)C2CCCN(Cc3sccc3C)C2)n1. The lowest BCUT2D eigenvalue weighted by molar-refractivity contribution is 0.199. The highest BCUT2D eigenvalue weighted by Gasteiger charge is 2.25. The number of nitrogens with zero attached hydrogens (tertiary/aromatic N) is 4. The van der Waals surface area contributed by atoms with Gasteiger partial charge in [-0.25, -0.2) is 4.98 Å². The molecule has 0 saturated carbocycles. The summed E-state index contributed by atoms with van der Waals surface area (Å²) in [4.78, 5) is 15.1. The Morgan fingerprint density at radius 1 is 1.43 bits per heavy atom. The highest BCUT2D eigenvalue weighted by Crippen LogP contribution is 2.23. The van der Waals surface area contributed by atoms with Crippen molar-refractivity contribution in [3.8, 4) is 5.88 Å². The molecule has 1 atom stereocenters. The molecule has 0 spiro atoms. The molecule has 1 saturated heterocycles. The van der Waals surface area contributed by atoms with Crippen LogP contribution in [0.4, 0.5) is 5.95 Å². The Morgan fingerprint density at radius 3 is 3.04 bits per heavy atom. The number of aromatic nitrogens is 2. The molecule has 3 rings (SSSR count). The van der Waals surface area contributed by atoms with Crippen LogP contribution in [0.5, 0.6) is 5.88 Å². The monoisotopic (exact) mass is 332 g/mol. The molecule has 3 heterocycles. The lowest BCUT2D eigenvalue weighted by atomic mass is 10.0. The van der Waals surface area contributed by atoms with Gasteiger partial charge < -0.3 is 9.64 Å². The summed E-state index contributed by atoms with van der Waals surface area (Å²) in [6.45, 7) is 5.46. The first-order valence-corrected chi connectivity index (χ1v) is 8.90. The van der Waals surface area contributed by atoms with E-state index in [0.29, 0.717) is 11.9 Å². The number of likely N-dealkylation sites (tertiary alicyclic amines) is 1. The molecule has 0 N–H and O–H groups in total. The molecule has 6 heteroatoms. The first kappa shape index (κ1) is 16.2. The molecule has 0 amide bonds. The van der Waals surface area contributed by atoms with Crippen LogP contribution in [0.1, 0.15) is 23.3 Å². The van der Waals surface area contributed by atoms with Gasteiger partial charge in [0, 0.05) is 43.3 Å². The van der Waals surface area contributed by atoms with Crippen LogP contribution < -0.4 is 9.64 Å². The lowest BCUT2D eigenvalue weighted by Crippen LogP contribution is -2.46. The Morgan fingerprint density at radius 2 is 2.30 bits per heavy atom. The largest absolute Gasteiger partial charge is 0.481 e. The van der Waals surface area contributed by atoms with Gasteiger partial charge in [-0.2, -0.15) is 4.98 Å². The normalized spacial score (nSPS) is 18.8. The molecule has 1 fully saturated rings. The maximum Gasteiger partial charge on any atom is 0.228 e. The van der Waals surface area contributed by atoms with Crippen molar-refractivity contribution in [2.24, 2.45) is 0 Å². The van der Waals surface area contributed by atoms with Crippen LogP contribution in [0.3, 0.4) is 0 Å². The average Bonchev–Trinajstić information content (AvgIpc) is 2.99. The van der Waals surface area contributed by atoms with Crippen molar-refractivity contribution in [2.45, 2.75) is 32.4 Å². The molecule has 1 aliphatic rings. The molecule has 2 aromatic heterocycles. The first-order valence-electron chi connectivity index (χ1n) is 8.02. The number of aryl methyl sites for hydroxylation is 1. The molecule has 0 radical (unpaired) electrons. The fourth-order valence-electron chi connectivity index (χ4n) is 3.04. The van der Waals surface area contributed by atoms with Gasteiger partial charge in [-0.15, -0.1) is 11.3 Å². The van der Waals surface area contributed by atoms with Gasteiger partial charge in [0.15, 0.2) is 0 Å². The number of anilines is 1. The molecule has 2 aromatic rings. The lowest BCUT2D eigenvalue weighted by Gasteiger charge is -2.37. The Balaban J connectivity index is 1.66. The van der Waals surface area contributed by atoms with Crippen LogP contribution in [-0.4, -0.2) is 48.2 Å². The number of ether oxygens (including phenoxy) is 1. The van der Waals surface area contributed by atoms with Crippen molar-refractivity contribution in [3.63, 3.8) is 0 Å². The zero-order valence-electron chi connectivity index (χ0n) is 14.0. The van der Waals surface area contributed by atoms with E-state index in [2.05, 4.69) is 45.2 Å². The van der Waals surface area contributed by atoms with E-state index in [-0.39, 0.29) is 0 Å². The molecule has 1 unspecified atom stereocenters. The summed E-state index contributed by atoms with van der Waals surface area (Å²) >= 11 is 1.86. The predicted octanol–water partition coefficient (Wildman–Crippen LogP) is 2.96. The first-order chi connectivity index (χ1) is 11.2. The minimum absolute atomic E-state index is 0.441. The van der Waals surface area contributed by atoms with E-state index in [1.165, 1.54) is 29.8 Å². The maximum atomic E-state index is 5.21.